The van der Waals surface area contributed by atoms with Gasteiger partial charge in [0.05, 0.1) is 18.4 Å². The number of pyridine rings is 1. The van der Waals surface area contributed by atoms with Crippen LogP contribution in [-0.4, -0.2) is 58.6 Å². The van der Waals surface area contributed by atoms with E-state index in [1.54, 1.807) is 0 Å². The molecular formula is C27H32N4O2. The highest BCUT2D eigenvalue weighted by atomic mass is 16.5. The number of rotatable bonds is 3. The minimum absolute atomic E-state index is 0.111. The lowest BCUT2D eigenvalue weighted by Crippen LogP contribution is -2.54. The van der Waals surface area contributed by atoms with Gasteiger partial charge in [-0.3, -0.25) is 4.79 Å². The molecule has 2 aliphatic heterocycles. The van der Waals surface area contributed by atoms with Crippen molar-refractivity contribution in [2.45, 2.75) is 49.7 Å². The topological polar surface area (TPSA) is 58.9 Å². The van der Waals surface area contributed by atoms with Crippen molar-refractivity contribution in [3.63, 3.8) is 0 Å². The van der Waals surface area contributed by atoms with Gasteiger partial charge in [-0.2, -0.15) is 0 Å². The molecule has 0 radical (unpaired) electrons. The molecule has 0 bridgehead atoms. The van der Waals surface area contributed by atoms with Gasteiger partial charge in [0.2, 0.25) is 5.91 Å². The van der Waals surface area contributed by atoms with Crippen LogP contribution in [0.3, 0.4) is 0 Å². The summed E-state index contributed by atoms with van der Waals surface area (Å²) in [4.78, 5) is 20.6. The predicted octanol–water partition coefficient (Wildman–Crippen LogP) is 3.40. The quantitative estimate of drug-likeness (QED) is 0.673. The van der Waals surface area contributed by atoms with Gasteiger partial charge in [-0.15, -0.1) is 0 Å². The molecule has 172 valence electrons. The average molecular weight is 445 g/mol. The SMILES string of the molecule is O=C([C@H]1CC[C@H]2OCCN[C@@H]2C1)N1CCC(c2ccccc2)(c2cn3ccccc3n2)CC1. The van der Waals surface area contributed by atoms with E-state index in [1.165, 1.54) is 5.56 Å². The van der Waals surface area contributed by atoms with E-state index >= 15 is 0 Å². The van der Waals surface area contributed by atoms with Crippen LogP contribution in [0.2, 0.25) is 0 Å². The number of piperidine rings is 1. The lowest BCUT2D eigenvalue weighted by molar-refractivity contribution is -0.140. The molecule has 1 N–H and O–H groups in total. The third-order valence-corrected chi connectivity index (χ3v) is 8.09. The Balaban J connectivity index is 1.23. The number of hydrogen-bond donors (Lipinski definition) is 1. The smallest absolute Gasteiger partial charge is 0.225 e. The van der Waals surface area contributed by atoms with Crippen LogP contribution in [-0.2, 0) is 14.9 Å². The molecule has 33 heavy (non-hydrogen) atoms. The number of imidazole rings is 1. The molecule has 1 amide bonds. The number of benzene rings is 1. The van der Waals surface area contributed by atoms with Crippen molar-refractivity contribution in [3.05, 3.63) is 72.2 Å². The standard InChI is InChI=1S/C27H32N4O2/c32-26(20-9-10-23-22(18-20)28-13-17-33-23)30-15-11-27(12-16-30,21-6-2-1-3-7-21)24-19-31-14-5-4-8-25(31)29-24/h1-8,14,19-20,22-23,28H,9-13,15-18H2/t20-,22+,23+/m0/s1. The Morgan fingerprint density at radius 3 is 2.70 bits per heavy atom. The van der Waals surface area contributed by atoms with Crippen LogP contribution >= 0.6 is 0 Å². The number of fused-ring (bicyclic) bond motifs is 2. The second-order valence-corrected chi connectivity index (χ2v) is 9.85. The molecule has 0 spiro atoms. The molecule has 3 fully saturated rings. The maximum Gasteiger partial charge on any atom is 0.225 e. The fourth-order valence-corrected chi connectivity index (χ4v) is 6.22. The number of carbonyl (C=O) groups is 1. The Kier molecular flexibility index (Phi) is 5.43. The first-order valence-corrected chi connectivity index (χ1v) is 12.4. The Hall–Kier alpha value is -2.70. The maximum absolute atomic E-state index is 13.5. The number of carbonyl (C=O) groups excluding carboxylic acids is 1. The average Bonchev–Trinajstić information content (AvgIpc) is 3.33. The molecule has 3 atom stereocenters. The van der Waals surface area contributed by atoms with Crippen LogP contribution in [0, 0.1) is 5.92 Å². The second-order valence-electron chi connectivity index (χ2n) is 9.85. The summed E-state index contributed by atoms with van der Waals surface area (Å²) >= 11 is 0. The Labute approximate surface area is 195 Å². The summed E-state index contributed by atoms with van der Waals surface area (Å²) in [5.74, 6) is 0.442. The molecule has 1 aliphatic carbocycles. The highest BCUT2D eigenvalue weighted by Crippen LogP contribution is 2.42. The van der Waals surface area contributed by atoms with Crippen molar-refractivity contribution in [3.8, 4) is 0 Å². The predicted molar refractivity (Wildman–Crippen MR) is 127 cm³/mol. The Bertz CT molecular complexity index is 1090. The monoisotopic (exact) mass is 444 g/mol. The van der Waals surface area contributed by atoms with Gasteiger partial charge in [-0.25, -0.2) is 4.98 Å². The lowest BCUT2D eigenvalue weighted by atomic mass is 9.70. The normalized spacial score (nSPS) is 27.3. The van der Waals surface area contributed by atoms with E-state index in [2.05, 4.69) is 63.4 Å². The minimum atomic E-state index is -0.166. The molecule has 3 aromatic rings. The summed E-state index contributed by atoms with van der Waals surface area (Å²) in [5, 5.41) is 3.57. The summed E-state index contributed by atoms with van der Waals surface area (Å²) in [5.41, 5.74) is 3.21. The van der Waals surface area contributed by atoms with Gasteiger partial charge in [0, 0.05) is 49.4 Å². The number of nitrogens with one attached hydrogen (secondary N) is 1. The van der Waals surface area contributed by atoms with Gasteiger partial charge in [0.1, 0.15) is 5.65 Å². The van der Waals surface area contributed by atoms with Crippen molar-refractivity contribution in [1.82, 2.24) is 19.6 Å². The van der Waals surface area contributed by atoms with Crippen LogP contribution in [0.25, 0.3) is 5.65 Å². The number of morpholine rings is 1. The molecule has 6 rings (SSSR count). The summed E-state index contributed by atoms with van der Waals surface area (Å²) in [6.07, 6.45) is 9.13. The van der Waals surface area contributed by atoms with Gasteiger partial charge >= 0.3 is 0 Å². The first kappa shape index (κ1) is 20.9. The molecular weight excluding hydrogens is 412 g/mol. The van der Waals surface area contributed by atoms with E-state index in [0.717, 1.165) is 69.7 Å². The van der Waals surface area contributed by atoms with Gasteiger partial charge in [0.15, 0.2) is 0 Å². The number of nitrogens with zero attached hydrogens (tertiary/aromatic N) is 3. The van der Waals surface area contributed by atoms with E-state index in [9.17, 15) is 4.79 Å². The van der Waals surface area contributed by atoms with Crippen molar-refractivity contribution in [2.24, 2.45) is 5.92 Å². The van der Waals surface area contributed by atoms with E-state index < -0.39 is 0 Å². The molecule has 1 aromatic carbocycles. The third kappa shape index (κ3) is 3.75. The van der Waals surface area contributed by atoms with E-state index in [0.29, 0.717) is 11.9 Å². The molecule has 6 heteroatoms. The highest BCUT2D eigenvalue weighted by Gasteiger charge is 2.43. The van der Waals surface area contributed by atoms with Crippen molar-refractivity contribution >= 4 is 11.6 Å². The molecule has 3 aliphatic rings. The zero-order chi connectivity index (χ0) is 22.3. The molecule has 2 saturated heterocycles. The van der Waals surface area contributed by atoms with Gasteiger partial charge < -0.3 is 19.4 Å². The fraction of sp³-hybridized carbons (Fsp3) is 0.481. The van der Waals surface area contributed by atoms with Crippen LogP contribution in [0.15, 0.2) is 60.9 Å². The summed E-state index contributed by atoms with van der Waals surface area (Å²) in [6, 6.07) is 17.2. The van der Waals surface area contributed by atoms with Crippen molar-refractivity contribution < 1.29 is 9.53 Å². The van der Waals surface area contributed by atoms with Crippen LogP contribution < -0.4 is 5.32 Å². The number of aromatic nitrogens is 2. The first-order chi connectivity index (χ1) is 16.2. The Morgan fingerprint density at radius 2 is 1.88 bits per heavy atom. The van der Waals surface area contributed by atoms with Crippen LogP contribution in [0.4, 0.5) is 0 Å². The van der Waals surface area contributed by atoms with Crippen LogP contribution in [0.1, 0.15) is 43.4 Å². The van der Waals surface area contributed by atoms with Gasteiger partial charge in [-0.1, -0.05) is 36.4 Å². The molecule has 4 heterocycles. The molecule has 6 nitrogen and oxygen atoms in total. The summed E-state index contributed by atoms with van der Waals surface area (Å²) in [6.45, 7) is 3.23. The zero-order valence-corrected chi connectivity index (χ0v) is 19.0. The van der Waals surface area contributed by atoms with Crippen molar-refractivity contribution in [2.75, 3.05) is 26.2 Å². The van der Waals surface area contributed by atoms with Gasteiger partial charge in [-0.05, 0) is 49.8 Å². The molecule has 0 unspecified atom stereocenters. The molecule has 1 saturated carbocycles. The van der Waals surface area contributed by atoms with Gasteiger partial charge in [0.25, 0.3) is 0 Å². The largest absolute Gasteiger partial charge is 0.375 e. The lowest BCUT2D eigenvalue weighted by Gasteiger charge is -2.44. The number of hydrogen-bond acceptors (Lipinski definition) is 4. The maximum atomic E-state index is 13.5. The highest BCUT2D eigenvalue weighted by molar-refractivity contribution is 5.79. The third-order valence-electron chi connectivity index (χ3n) is 8.09. The number of likely N-dealkylation sites (tertiary alicyclic amines) is 1. The zero-order valence-electron chi connectivity index (χ0n) is 19.0. The van der Waals surface area contributed by atoms with Crippen LogP contribution in [0.5, 0.6) is 0 Å². The summed E-state index contributed by atoms with van der Waals surface area (Å²) in [7, 11) is 0. The number of ether oxygens (including phenoxy) is 1. The van der Waals surface area contributed by atoms with E-state index in [1.807, 2.05) is 12.1 Å². The fourth-order valence-electron chi connectivity index (χ4n) is 6.22. The minimum Gasteiger partial charge on any atom is -0.375 e. The first-order valence-electron chi connectivity index (χ1n) is 12.4. The Morgan fingerprint density at radius 1 is 1.06 bits per heavy atom. The van der Waals surface area contributed by atoms with E-state index in [-0.39, 0.29) is 17.4 Å². The summed E-state index contributed by atoms with van der Waals surface area (Å²) < 4.78 is 8.02. The van der Waals surface area contributed by atoms with Crippen molar-refractivity contribution in [1.29, 1.82) is 0 Å². The van der Waals surface area contributed by atoms with E-state index in [4.69, 9.17) is 9.72 Å². The molecule has 2 aromatic heterocycles. The number of amides is 1. The second kappa shape index (κ2) is 8.58.